The fourth-order valence-corrected chi connectivity index (χ4v) is 3.14. The standard InChI is InChI=1S/C21H25N3O3/c22-12-6-13-23(15-17-7-2-1-3-8-17)20(25)11-14-24-18-9-4-5-10-19(18)27-16-21(24)26/h1-5,7-10H,6,11-16,22H2. The molecule has 0 aromatic heterocycles. The lowest BCUT2D eigenvalue weighted by atomic mass is 10.2. The van der Waals surface area contributed by atoms with Crippen LogP contribution in [0.2, 0.25) is 0 Å². The molecule has 27 heavy (non-hydrogen) atoms. The number of para-hydroxylation sites is 2. The molecule has 2 N–H and O–H groups in total. The molecule has 1 heterocycles. The molecule has 2 aromatic rings. The SMILES string of the molecule is NCCCN(Cc1ccccc1)C(=O)CCN1C(=O)COc2ccccc21. The molecule has 0 saturated carbocycles. The van der Waals surface area contributed by atoms with Gasteiger partial charge >= 0.3 is 0 Å². The van der Waals surface area contributed by atoms with Crippen LogP contribution >= 0.6 is 0 Å². The van der Waals surface area contributed by atoms with Gasteiger partial charge in [-0.1, -0.05) is 42.5 Å². The summed E-state index contributed by atoms with van der Waals surface area (Å²) in [5.74, 6) is 0.566. The smallest absolute Gasteiger partial charge is 0.265 e. The van der Waals surface area contributed by atoms with Crippen LogP contribution in [0.1, 0.15) is 18.4 Å². The van der Waals surface area contributed by atoms with Gasteiger partial charge in [-0.2, -0.15) is 0 Å². The molecule has 6 heteroatoms. The minimum absolute atomic E-state index is 0.00606. The second-order valence-corrected chi connectivity index (χ2v) is 6.49. The van der Waals surface area contributed by atoms with Crippen molar-refractivity contribution < 1.29 is 14.3 Å². The van der Waals surface area contributed by atoms with E-state index < -0.39 is 0 Å². The van der Waals surface area contributed by atoms with Gasteiger partial charge < -0.3 is 20.3 Å². The summed E-state index contributed by atoms with van der Waals surface area (Å²) in [7, 11) is 0. The molecule has 2 amide bonds. The third-order valence-corrected chi connectivity index (χ3v) is 4.56. The average Bonchev–Trinajstić information content (AvgIpc) is 2.71. The van der Waals surface area contributed by atoms with Gasteiger partial charge in [0.15, 0.2) is 6.61 Å². The van der Waals surface area contributed by atoms with Crippen molar-refractivity contribution >= 4 is 17.5 Å². The Balaban J connectivity index is 1.66. The molecule has 0 radical (unpaired) electrons. The van der Waals surface area contributed by atoms with Crippen LogP contribution in [0.15, 0.2) is 54.6 Å². The number of anilines is 1. The van der Waals surface area contributed by atoms with Crippen molar-refractivity contribution in [3.05, 3.63) is 60.2 Å². The largest absolute Gasteiger partial charge is 0.482 e. The van der Waals surface area contributed by atoms with Crippen LogP contribution in [-0.4, -0.2) is 43.0 Å². The lowest BCUT2D eigenvalue weighted by molar-refractivity contribution is -0.131. The van der Waals surface area contributed by atoms with Crippen LogP contribution in [-0.2, 0) is 16.1 Å². The second kappa shape index (κ2) is 9.19. The molecule has 0 fully saturated rings. The Hall–Kier alpha value is -2.86. The maximum atomic E-state index is 12.8. The molecule has 0 unspecified atom stereocenters. The van der Waals surface area contributed by atoms with Crippen LogP contribution in [0.3, 0.4) is 0 Å². The molecular weight excluding hydrogens is 342 g/mol. The number of nitrogens with two attached hydrogens (primary N) is 1. The maximum Gasteiger partial charge on any atom is 0.265 e. The predicted octanol–water partition coefficient (Wildman–Crippen LogP) is 2.18. The van der Waals surface area contributed by atoms with E-state index >= 15 is 0 Å². The summed E-state index contributed by atoms with van der Waals surface area (Å²) in [5.41, 5.74) is 7.43. The minimum atomic E-state index is -0.127. The van der Waals surface area contributed by atoms with E-state index in [-0.39, 0.29) is 24.8 Å². The average molecular weight is 367 g/mol. The van der Waals surface area contributed by atoms with Gasteiger partial charge in [0, 0.05) is 26.1 Å². The van der Waals surface area contributed by atoms with Gasteiger partial charge in [-0.05, 0) is 30.7 Å². The first kappa shape index (κ1) is 18.9. The summed E-state index contributed by atoms with van der Waals surface area (Å²) >= 11 is 0. The Bertz CT molecular complexity index is 779. The highest BCUT2D eigenvalue weighted by Gasteiger charge is 2.26. The lowest BCUT2D eigenvalue weighted by Gasteiger charge is -2.30. The quantitative estimate of drug-likeness (QED) is 0.776. The Kier molecular flexibility index (Phi) is 6.44. The molecule has 1 aliphatic heterocycles. The van der Waals surface area contributed by atoms with Crippen molar-refractivity contribution in [1.82, 2.24) is 4.90 Å². The Labute approximate surface area is 159 Å². The summed E-state index contributed by atoms with van der Waals surface area (Å²) < 4.78 is 5.45. The Morgan fingerprint density at radius 3 is 2.63 bits per heavy atom. The zero-order chi connectivity index (χ0) is 19.1. The van der Waals surface area contributed by atoms with E-state index in [1.165, 1.54) is 0 Å². The minimum Gasteiger partial charge on any atom is -0.482 e. The summed E-state index contributed by atoms with van der Waals surface area (Å²) in [4.78, 5) is 28.6. The molecule has 3 rings (SSSR count). The van der Waals surface area contributed by atoms with Crippen LogP contribution in [0.5, 0.6) is 5.75 Å². The third kappa shape index (κ3) is 4.86. The number of nitrogens with zero attached hydrogens (tertiary/aromatic N) is 2. The summed E-state index contributed by atoms with van der Waals surface area (Å²) in [6.45, 7) is 2.04. The number of rotatable bonds is 8. The van der Waals surface area contributed by atoms with Gasteiger partial charge in [-0.15, -0.1) is 0 Å². The number of fused-ring (bicyclic) bond motifs is 1. The molecule has 0 spiro atoms. The number of carbonyl (C=O) groups excluding carboxylic acids is 2. The molecule has 2 aromatic carbocycles. The number of benzene rings is 2. The maximum absolute atomic E-state index is 12.8. The lowest BCUT2D eigenvalue weighted by Crippen LogP contribution is -2.42. The van der Waals surface area contributed by atoms with E-state index in [2.05, 4.69) is 0 Å². The first-order chi connectivity index (χ1) is 13.2. The molecule has 0 saturated heterocycles. The van der Waals surface area contributed by atoms with Crippen molar-refractivity contribution in [3.8, 4) is 5.75 Å². The van der Waals surface area contributed by atoms with Gasteiger partial charge in [0.25, 0.3) is 5.91 Å². The second-order valence-electron chi connectivity index (χ2n) is 6.49. The highest BCUT2D eigenvalue weighted by molar-refractivity contribution is 5.98. The first-order valence-electron chi connectivity index (χ1n) is 9.23. The zero-order valence-corrected chi connectivity index (χ0v) is 15.3. The predicted molar refractivity (Wildman–Crippen MR) is 104 cm³/mol. The normalized spacial score (nSPS) is 13.1. The van der Waals surface area contributed by atoms with E-state index in [4.69, 9.17) is 10.5 Å². The van der Waals surface area contributed by atoms with Gasteiger partial charge in [0.2, 0.25) is 5.91 Å². The van der Waals surface area contributed by atoms with Crippen LogP contribution in [0.25, 0.3) is 0 Å². The fourth-order valence-electron chi connectivity index (χ4n) is 3.14. The number of carbonyl (C=O) groups is 2. The van der Waals surface area contributed by atoms with E-state index in [0.29, 0.717) is 31.9 Å². The van der Waals surface area contributed by atoms with Crippen molar-refractivity contribution in [2.24, 2.45) is 5.73 Å². The topological polar surface area (TPSA) is 75.9 Å². The molecule has 142 valence electrons. The molecular formula is C21H25N3O3. The number of amides is 2. The zero-order valence-electron chi connectivity index (χ0n) is 15.3. The van der Waals surface area contributed by atoms with Gasteiger partial charge in [-0.3, -0.25) is 9.59 Å². The highest BCUT2D eigenvalue weighted by atomic mass is 16.5. The summed E-state index contributed by atoms with van der Waals surface area (Å²) in [6, 6.07) is 17.3. The Morgan fingerprint density at radius 1 is 1.11 bits per heavy atom. The van der Waals surface area contributed by atoms with E-state index in [1.807, 2.05) is 59.5 Å². The van der Waals surface area contributed by atoms with Crippen LogP contribution < -0.4 is 15.4 Å². The van der Waals surface area contributed by atoms with E-state index in [9.17, 15) is 9.59 Å². The molecule has 1 aliphatic rings. The third-order valence-electron chi connectivity index (χ3n) is 4.56. The Morgan fingerprint density at radius 2 is 1.85 bits per heavy atom. The van der Waals surface area contributed by atoms with Gasteiger partial charge in [-0.25, -0.2) is 0 Å². The fraction of sp³-hybridized carbons (Fsp3) is 0.333. The van der Waals surface area contributed by atoms with E-state index in [1.54, 1.807) is 4.90 Å². The van der Waals surface area contributed by atoms with Crippen molar-refractivity contribution in [1.29, 1.82) is 0 Å². The molecule has 6 nitrogen and oxygen atoms in total. The van der Waals surface area contributed by atoms with E-state index in [0.717, 1.165) is 17.7 Å². The van der Waals surface area contributed by atoms with Crippen molar-refractivity contribution in [2.75, 3.05) is 31.1 Å². The number of hydrogen-bond donors (Lipinski definition) is 1. The van der Waals surface area contributed by atoms with Crippen LogP contribution in [0.4, 0.5) is 5.69 Å². The number of ether oxygens (including phenoxy) is 1. The van der Waals surface area contributed by atoms with Crippen molar-refractivity contribution in [2.45, 2.75) is 19.4 Å². The molecule has 0 aliphatic carbocycles. The summed E-state index contributed by atoms with van der Waals surface area (Å²) in [5, 5.41) is 0. The molecule has 0 atom stereocenters. The monoisotopic (exact) mass is 367 g/mol. The molecule has 0 bridgehead atoms. The number of hydrogen-bond acceptors (Lipinski definition) is 4. The summed E-state index contributed by atoms with van der Waals surface area (Å²) in [6.07, 6.45) is 1.01. The van der Waals surface area contributed by atoms with Crippen LogP contribution in [0, 0.1) is 0 Å². The van der Waals surface area contributed by atoms with Gasteiger partial charge in [0.1, 0.15) is 5.75 Å². The highest BCUT2D eigenvalue weighted by Crippen LogP contribution is 2.31. The van der Waals surface area contributed by atoms with Gasteiger partial charge in [0.05, 0.1) is 5.69 Å². The van der Waals surface area contributed by atoms with Crippen molar-refractivity contribution in [3.63, 3.8) is 0 Å². The first-order valence-corrected chi connectivity index (χ1v) is 9.23.